The highest BCUT2D eigenvalue weighted by Crippen LogP contribution is 2.27. The van der Waals surface area contributed by atoms with Gasteiger partial charge in [-0.15, -0.1) is 0 Å². The van der Waals surface area contributed by atoms with E-state index in [1.165, 1.54) is 23.5 Å². The van der Waals surface area contributed by atoms with Crippen LogP contribution >= 0.6 is 0 Å². The van der Waals surface area contributed by atoms with Crippen molar-refractivity contribution in [1.29, 1.82) is 0 Å². The smallest absolute Gasteiger partial charge is 0.271 e. The van der Waals surface area contributed by atoms with Crippen molar-refractivity contribution in [3.05, 3.63) is 83.9 Å². The van der Waals surface area contributed by atoms with Crippen LogP contribution in [-0.4, -0.2) is 41.3 Å². The summed E-state index contributed by atoms with van der Waals surface area (Å²) in [5.41, 5.74) is 4.62. The molecule has 0 aromatic heterocycles. The van der Waals surface area contributed by atoms with Crippen LogP contribution in [0.2, 0.25) is 0 Å². The fraction of sp³-hybridized carbons (Fsp3) is 0.167. The van der Waals surface area contributed by atoms with Crippen molar-refractivity contribution in [3.8, 4) is 11.5 Å². The highest BCUT2D eigenvalue weighted by molar-refractivity contribution is 7.92. The van der Waals surface area contributed by atoms with Gasteiger partial charge in [0.1, 0.15) is 0 Å². The third-order valence-electron chi connectivity index (χ3n) is 5.02. The zero-order valence-corrected chi connectivity index (χ0v) is 19.6. The molecule has 8 nitrogen and oxygen atoms in total. The zero-order valence-electron chi connectivity index (χ0n) is 18.8. The molecule has 0 atom stereocenters. The van der Waals surface area contributed by atoms with Gasteiger partial charge in [-0.1, -0.05) is 18.2 Å². The molecule has 0 saturated carbocycles. The molecule has 1 amide bonds. The monoisotopic (exact) mass is 467 g/mol. The first kappa shape index (κ1) is 23.8. The predicted octanol–water partition coefficient (Wildman–Crippen LogP) is 3.68. The van der Waals surface area contributed by atoms with E-state index in [-0.39, 0.29) is 4.90 Å². The number of methoxy groups -OCH3 is 2. The summed E-state index contributed by atoms with van der Waals surface area (Å²) in [6.45, 7) is 1.76. The molecule has 0 bridgehead atoms. The van der Waals surface area contributed by atoms with Gasteiger partial charge in [-0.05, 0) is 61.5 Å². The van der Waals surface area contributed by atoms with Crippen molar-refractivity contribution in [3.63, 3.8) is 0 Å². The number of rotatable bonds is 8. The molecule has 0 aliphatic heterocycles. The summed E-state index contributed by atoms with van der Waals surface area (Å²) in [5, 5.41) is 4.15. The van der Waals surface area contributed by atoms with Crippen molar-refractivity contribution in [1.82, 2.24) is 5.43 Å². The molecule has 3 aromatic rings. The van der Waals surface area contributed by atoms with Crippen LogP contribution in [0.5, 0.6) is 11.5 Å². The van der Waals surface area contributed by atoms with Gasteiger partial charge in [0.15, 0.2) is 11.5 Å². The Labute approximate surface area is 193 Å². The number of hydrogen-bond donors (Lipinski definition) is 1. The maximum Gasteiger partial charge on any atom is 0.271 e. The maximum absolute atomic E-state index is 12.8. The molecule has 3 aromatic carbocycles. The zero-order chi connectivity index (χ0) is 24.0. The molecule has 0 radical (unpaired) electrons. The number of amides is 1. The van der Waals surface area contributed by atoms with E-state index in [1.807, 2.05) is 6.07 Å². The van der Waals surface area contributed by atoms with Crippen LogP contribution < -0.4 is 19.2 Å². The van der Waals surface area contributed by atoms with E-state index in [1.54, 1.807) is 75.7 Å². The van der Waals surface area contributed by atoms with Crippen LogP contribution in [0.15, 0.2) is 82.8 Å². The van der Waals surface area contributed by atoms with Gasteiger partial charge >= 0.3 is 0 Å². The summed E-state index contributed by atoms with van der Waals surface area (Å²) in [4.78, 5) is 12.7. The summed E-state index contributed by atoms with van der Waals surface area (Å²) < 4.78 is 37.2. The van der Waals surface area contributed by atoms with Gasteiger partial charge in [-0.25, -0.2) is 13.8 Å². The topological polar surface area (TPSA) is 97.3 Å². The Morgan fingerprint density at radius 1 is 0.879 bits per heavy atom. The molecule has 9 heteroatoms. The Bertz CT molecular complexity index is 1260. The number of anilines is 1. The summed E-state index contributed by atoms with van der Waals surface area (Å²) in [6.07, 6.45) is 0. The number of carbonyl (C=O) groups is 1. The van der Waals surface area contributed by atoms with E-state index in [0.29, 0.717) is 28.5 Å². The summed E-state index contributed by atoms with van der Waals surface area (Å²) in [6, 6.07) is 19.7. The van der Waals surface area contributed by atoms with Crippen LogP contribution in [0.3, 0.4) is 0 Å². The lowest BCUT2D eigenvalue weighted by Gasteiger charge is -2.19. The van der Waals surface area contributed by atoms with Crippen molar-refractivity contribution in [2.75, 3.05) is 25.6 Å². The minimum atomic E-state index is -3.70. The fourth-order valence-electron chi connectivity index (χ4n) is 3.04. The Balaban J connectivity index is 1.72. The van der Waals surface area contributed by atoms with E-state index in [9.17, 15) is 13.2 Å². The lowest BCUT2D eigenvalue weighted by atomic mass is 10.1. The van der Waals surface area contributed by atoms with Crippen molar-refractivity contribution < 1.29 is 22.7 Å². The Kier molecular flexibility index (Phi) is 7.34. The largest absolute Gasteiger partial charge is 0.493 e. The molecule has 172 valence electrons. The number of hydrogen-bond acceptors (Lipinski definition) is 6. The number of ether oxygens (including phenoxy) is 2. The lowest BCUT2D eigenvalue weighted by Crippen LogP contribution is -2.26. The van der Waals surface area contributed by atoms with E-state index in [4.69, 9.17) is 9.47 Å². The second kappa shape index (κ2) is 10.2. The first-order chi connectivity index (χ1) is 15.8. The molecule has 1 N–H and O–H groups in total. The van der Waals surface area contributed by atoms with E-state index >= 15 is 0 Å². The molecule has 0 fully saturated rings. The molecule has 0 spiro atoms. The van der Waals surface area contributed by atoms with Gasteiger partial charge < -0.3 is 9.47 Å². The second-order valence-electron chi connectivity index (χ2n) is 7.04. The molecule has 0 aliphatic carbocycles. The number of sulfonamides is 1. The molecular weight excluding hydrogens is 442 g/mol. The normalized spacial score (nSPS) is 11.6. The highest BCUT2D eigenvalue weighted by Gasteiger charge is 2.21. The van der Waals surface area contributed by atoms with E-state index in [2.05, 4.69) is 10.5 Å². The third-order valence-corrected chi connectivity index (χ3v) is 6.82. The standard InChI is InChI=1S/C24H25N3O5S/c1-17(19-12-15-22(31-3)23(16-19)32-4)25-26-24(28)18-10-13-20(14-11-18)27(2)33(29,30)21-8-6-5-7-9-21/h5-16H,1-4H3,(H,26,28)/b25-17-. The van der Waals surface area contributed by atoms with E-state index in [0.717, 1.165) is 5.56 Å². The molecule has 0 heterocycles. The van der Waals surface area contributed by atoms with Gasteiger partial charge in [0.25, 0.3) is 15.9 Å². The van der Waals surface area contributed by atoms with Crippen LogP contribution in [0.25, 0.3) is 0 Å². The molecule has 33 heavy (non-hydrogen) atoms. The summed E-state index contributed by atoms with van der Waals surface area (Å²) in [5.74, 6) is 0.730. The minimum absolute atomic E-state index is 0.189. The number of nitrogens with zero attached hydrogens (tertiary/aromatic N) is 2. The Morgan fingerprint density at radius 2 is 1.48 bits per heavy atom. The summed E-state index contributed by atoms with van der Waals surface area (Å²) >= 11 is 0. The number of hydrazone groups is 1. The Morgan fingerprint density at radius 3 is 2.09 bits per heavy atom. The molecule has 0 saturated heterocycles. The summed E-state index contributed by atoms with van der Waals surface area (Å²) in [7, 11) is 0.868. The van der Waals surface area contributed by atoms with Crippen LogP contribution in [0.1, 0.15) is 22.8 Å². The maximum atomic E-state index is 12.8. The van der Waals surface area contributed by atoms with E-state index < -0.39 is 15.9 Å². The first-order valence-electron chi connectivity index (χ1n) is 9.99. The quantitative estimate of drug-likeness (QED) is 0.403. The van der Waals surface area contributed by atoms with Gasteiger partial charge in [0.05, 0.1) is 30.5 Å². The van der Waals surface area contributed by atoms with Crippen LogP contribution in [-0.2, 0) is 10.0 Å². The average molecular weight is 468 g/mol. The van der Waals surface area contributed by atoms with Crippen LogP contribution in [0.4, 0.5) is 5.69 Å². The predicted molar refractivity (Wildman–Crippen MR) is 128 cm³/mol. The SMILES string of the molecule is COc1ccc(/C(C)=N\NC(=O)c2ccc(N(C)S(=O)(=O)c3ccccc3)cc2)cc1OC. The Hall–Kier alpha value is -3.85. The molecule has 0 unspecified atom stereocenters. The van der Waals surface area contributed by atoms with Gasteiger partial charge in [-0.3, -0.25) is 9.10 Å². The van der Waals surface area contributed by atoms with Gasteiger partial charge in [0.2, 0.25) is 0 Å². The van der Waals surface area contributed by atoms with Crippen molar-refractivity contribution in [2.45, 2.75) is 11.8 Å². The molecule has 0 aliphatic rings. The number of carbonyl (C=O) groups excluding carboxylic acids is 1. The lowest BCUT2D eigenvalue weighted by molar-refractivity contribution is 0.0955. The molecule has 3 rings (SSSR count). The van der Waals surface area contributed by atoms with Crippen molar-refractivity contribution in [2.24, 2.45) is 5.10 Å². The van der Waals surface area contributed by atoms with Gasteiger partial charge in [-0.2, -0.15) is 5.10 Å². The number of nitrogens with one attached hydrogen (secondary N) is 1. The number of benzene rings is 3. The second-order valence-corrected chi connectivity index (χ2v) is 9.01. The van der Waals surface area contributed by atoms with Gasteiger partial charge in [0, 0.05) is 18.2 Å². The third kappa shape index (κ3) is 5.32. The molecular formula is C24H25N3O5S. The fourth-order valence-corrected chi connectivity index (χ4v) is 4.25. The average Bonchev–Trinajstić information content (AvgIpc) is 2.86. The highest BCUT2D eigenvalue weighted by atomic mass is 32.2. The van der Waals surface area contributed by atoms with Crippen molar-refractivity contribution >= 4 is 27.3 Å². The van der Waals surface area contributed by atoms with Crippen LogP contribution in [0, 0.1) is 0 Å². The minimum Gasteiger partial charge on any atom is -0.493 e. The first-order valence-corrected chi connectivity index (χ1v) is 11.4.